The first kappa shape index (κ1) is 21.5. The first-order chi connectivity index (χ1) is 18.2. The van der Waals surface area contributed by atoms with Crippen LogP contribution in [-0.4, -0.2) is 35.6 Å². The quantitative estimate of drug-likeness (QED) is 0.318. The third kappa shape index (κ3) is 3.94. The lowest BCUT2D eigenvalue weighted by molar-refractivity contribution is 0.102. The third-order valence-electron chi connectivity index (χ3n) is 6.95. The van der Waals surface area contributed by atoms with Crippen LogP contribution in [0.2, 0.25) is 0 Å². The van der Waals surface area contributed by atoms with Crippen molar-refractivity contribution in [1.29, 1.82) is 0 Å². The van der Waals surface area contributed by atoms with Crippen molar-refractivity contribution in [2.24, 2.45) is 0 Å². The van der Waals surface area contributed by atoms with E-state index in [4.69, 9.17) is 14.4 Å². The molecule has 6 aromatic rings. The summed E-state index contributed by atoms with van der Waals surface area (Å²) in [5.41, 5.74) is 5.04. The highest BCUT2D eigenvalue weighted by Gasteiger charge is 2.23. The summed E-state index contributed by atoms with van der Waals surface area (Å²) in [6.45, 7) is 0.404. The van der Waals surface area contributed by atoms with E-state index in [1.54, 1.807) is 35.6 Å². The molecule has 1 saturated carbocycles. The van der Waals surface area contributed by atoms with Gasteiger partial charge in [-0.3, -0.25) is 9.78 Å². The molecule has 1 fully saturated rings. The highest BCUT2D eigenvalue weighted by molar-refractivity contribution is 6.13. The number of imidazole rings is 1. The summed E-state index contributed by atoms with van der Waals surface area (Å²) in [5.74, 6) is 2.05. The van der Waals surface area contributed by atoms with Crippen LogP contribution in [-0.2, 0) is 6.54 Å². The predicted octanol–water partition coefficient (Wildman–Crippen LogP) is 5.53. The SMILES string of the molecule is O=C(Nc1ccc2nc(C3CCC3)[nH]c2c1)c1cc(-c2cccnc2)nc2c1cnn2Cc1ccco1. The number of hydrogen-bond acceptors (Lipinski definition) is 6. The molecule has 0 saturated heterocycles. The van der Waals surface area contributed by atoms with Crippen LogP contribution < -0.4 is 5.32 Å². The molecule has 7 rings (SSSR count). The monoisotopic (exact) mass is 489 g/mol. The Labute approximate surface area is 211 Å². The molecule has 0 unspecified atom stereocenters. The molecule has 0 atom stereocenters. The summed E-state index contributed by atoms with van der Waals surface area (Å²) in [6.07, 6.45) is 10.3. The summed E-state index contributed by atoms with van der Waals surface area (Å²) in [7, 11) is 0. The Morgan fingerprint density at radius 1 is 1.11 bits per heavy atom. The number of carbonyl (C=O) groups excluding carboxylic acids is 1. The second-order valence-electron chi connectivity index (χ2n) is 9.35. The minimum atomic E-state index is -0.242. The van der Waals surface area contributed by atoms with E-state index in [2.05, 4.69) is 20.4 Å². The molecule has 0 aliphatic heterocycles. The van der Waals surface area contributed by atoms with E-state index in [1.807, 2.05) is 42.5 Å². The normalized spacial score (nSPS) is 13.7. The minimum Gasteiger partial charge on any atom is -0.467 e. The van der Waals surface area contributed by atoms with Gasteiger partial charge in [-0.25, -0.2) is 14.6 Å². The van der Waals surface area contributed by atoms with Gasteiger partial charge in [0.05, 0.1) is 40.1 Å². The van der Waals surface area contributed by atoms with Gasteiger partial charge in [-0.1, -0.05) is 6.42 Å². The number of furan rings is 1. The van der Waals surface area contributed by atoms with Crippen molar-refractivity contribution < 1.29 is 9.21 Å². The highest BCUT2D eigenvalue weighted by atomic mass is 16.3. The number of benzene rings is 1. The molecule has 1 aliphatic rings. The molecular weight excluding hydrogens is 466 g/mol. The van der Waals surface area contributed by atoms with Gasteiger partial charge in [-0.05, 0) is 61.4 Å². The molecule has 5 heterocycles. The Morgan fingerprint density at radius 2 is 2.05 bits per heavy atom. The maximum Gasteiger partial charge on any atom is 0.256 e. The second-order valence-corrected chi connectivity index (χ2v) is 9.35. The largest absolute Gasteiger partial charge is 0.467 e. The molecule has 1 aliphatic carbocycles. The predicted molar refractivity (Wildman–Crippen MR) is 139 cm³/mol. The van der Waals surface area contributed by atoms with E-state index in [9.17, 15) is 4.79 Å². The smallest absolute Gasteiger partial charge is 0.256 e. The molecule has 1 amide bonds. The van der Waals surface area contributed by atoms with Crippen LogP contribution in [0.3, 0.4) is 0 Å². The molecule has 1 aromatic carbocycles. The minimum absolute atomic E-state index is 0.242. The van der Waals surface area contributed by atoms with E-state index < -0.39 is 0 Å². The Morgan fingerprint density at radius 3 is 2.84 bits per heavy atom. The Kier molecular flexibility index (Phi) is 5.05. The molecule has 0 radical (unpaired) electrons. The third-order valence-corrected chi connectivity index (χ3v) is 6.95. The zero-order valence-electron chi connectivity index (χ0n) is 19.9. The van der Waals surface area contributed by atoms with Gasteiger partial charge in [0.15, 0.2) is 5.65 Å². The number of H-pyrrole nitrogens is 1. The van der Waals surface area contributed by atoms with Crippen molar-refractivity contribution in [1.82, 2.24) is 29.7 Å². The molecule has 9 nitrogen and oxygen atoms in total. The van der Waals surface area contributed by atoms with Crippen molar-refractivity contribution in [3.8, 4) is 11.3 Å². The molecule has 2 N–H and O–H groups in total. The van der Waals surface area contributed by atoms with Crippen LogP contribution in [0.4, 0.5) is 5.69 Å². The Bertz CT molecular complexity index is 1730. The molecule has 0 bridgehead atoms. The molecule has 9 heteroatoms. The van der Waals surface area contributed by atoms with Crippen LogP contribution in [0.5, 0.6) is 0 Å². The van der Waals surface area contributed by atoms with Gasteiger partial charge in [0.1, 0.15) is 18.1 Å². The highest BCUT2D eigenvalue weighted by Crippen LogP contribution is 2.35. The van der Waals surface area contributed by atoms with Crippen LogP contribution >= 0.6 is 0 Å². The molecule has 5 aromatic heterocycles. The number of fused-ring (bicyclic) bond motifs is 2. The fourth-order valence-electron chi connectivity index (χ4n) is 4.74. The lowest BCUT2D eigenvalue weighted by Gasteiger charge is -2.22. The lowest BCUT2D eigenvalue weighted by Crippen LogP contribution is -2.13. The fourth-order valence-corrected chi connectivity index (χ4v) is 4.74. The average molecular weight is 490 g/mol. The van der Waals surface area contributed by atoms with E-state index >= 15 is 0 Å². The number of hydrogen-bond donors (Lipinski definition) is 2. The molecular formula is C28H23N7O2. The van der Waals surface area contributed by atoms with Crippen molar-refractivity contribution in [3.05, 3.63) is 90.5 Å². The molecule has 0 spiro atoms. The fraction of sp³-hybridized carbons (Fsp3) is 0.179. The van der Waals surface area contributed by atoms with Gasteiger partial charge < -0.3 is 14.7 Å². The van der Waals surface area contributed by atoms with Gasteiger partial charge in [0, 0.05) is 29.6 Å². The van der Waals surface area contributed by atoms with E-state index in [0.717, 1.165) is 28.2 Å². The number of pyridine rings is 2. The number of nitrogens with zero attached hydrogens (tertiary/aromatic N) is 5. The van der Waals surface area contributed by atoms with Crippen LogP contribution in [0, 0.1) is 0 Å². The zero-order valence-corrected chi connectivity index (χ0v) is 19.9. The van der Waals surface area contributed by atoms with Crippen LogP contribution in [0.25, 0.3) is 33.3 Å². The van der Waals surface area contributed by atoms with E-state index in [0.29, 0.717) is 40.4 Å². The van der Waals surface area contributed by atoms with Crippen molar-refractivity contribution in [2.45, 2.75) is 31.7 Å². The van der Waals surface area contributed by atoms with Crippen LogP contribution in [0.15, 0.2) is 77.8 Å². The summed E-state index contributed by atoms with van der Waals surface area (Å²) in [6, 6.07) is 15.0. The van der Waals surface area contributed by atoms with Gasteiger partial charge in [0.2, 0.25) is 0 Å². The van der Waals surface area contributed by atoms with Crippen molar-refractivity contribution in [3.63, 3.8) is 0 Å². The van der Waals surface area contributed by atoms with E-state index in [-0.39, 0.29) is 5.91 Å². The number of amides is 1. The van der Waals surface area contributed by atoms with E-state index in [1.165, 1.54) is 19.3 Å². The lowest BCUT2D eigenvalue weighted by atomic mass is 9.85. The molecule has 182 valence electrons. The van der Waals surface area contributed by atoms with Crippen LogP contribution in [0.1, 0.15) is 47.1 Å². The second kappa shape index (κ2) is 8.70. The first-order valence-corrected chi connectivity index (χ1v) is 12.3. The van der Waals surface area contributed by atoms with Gasteiger partial charge in [0.25, 0.3) is 5.91 Å². The number of nitrogens with one attached hydrogen (secondary N) is 2. The number of aromatic amines is 1. The number of rotatable bonds is 6. The average Bonchev–Trinajstić information content (AvgIpc) is 3.63. The Balaban J connectivity index is 1.26. The topological polar surface area (TPSA) is 115 Å². The summed E-state index contributed by atoms with van der Waals surface area (Å²) < 4.78 is 7.24. The number of carbonyl (C=O) groups is 1. The number of aromatic nitrogens is 6. The maximum absolute atomic E-state index is 13.6. The van der Waals surface area contributed by atoms with Gasteiger partial charge >= 0.3 is 0 Å². The standard InChI is InChI=1S/C28H23N7O2/c36-28(31-19-8-9-23-25(12-19)33-26(32-23)17-4-1-5-17)21-13-24(18-6-2-10-29-14-18)34-27-22(21)15-30-35(27)16-20-7-3-11-37-20/h2-3,6-15,17H,1,4-5,16H2,(H,31,36)(H,32,33). The first-order valence-electron chi connectivity index (χ1n) is 12.3. The van der Waals surface area contributed by atoms with Crippen molar-refractivity contribution in [2.75, 3.05) is 5.32 Å². The van der Waals surface area contributed by atoms with Crippen molar-refractivity contribution >= 4 is 33.7 Å². The van der Waals surface area contributed by atoms with Gasteiger partial charge in [-0.2, -0.15) is 5.10 Å². The molecule has 37 heavy (non-hydrogen) atoms. The zero-order chi connectivity index (χ0) is 24.8. The summed E-state index contributed by atoms with van der Waals surface area (Å²) in [5, 5.41) is 8.23. The summed E-state index contributed by atoms with van der Waals surface area (Å²) >= 11 is 0. The van der Waals surface area contributed by atoms with Gasteiger partial charge in [-0.15, -0.1) is 0 Å². The maximum atomic E-state index is 13.6. The Hall–Kier alpha value is -4.79. The summed E-state index contributed by atoms with van der Waals surface area (Å²) in [4.78, 5) is 30.8. The number of anilines is 1.